The van der Waals surface area contributed by atoms with E-state index in [1.54, 1.807) is 12.1 Å². The molecule has 0 saturated carbocycles. The predicted octanol–water partition coefficient (Wildman–Crippen LogP) is 7.79. The van der Waals surface area contributed by atoms with E-state index in [1.807, 2.05) is 32.2 Å². The molecule has 3 aromatic rings. The average molecular weight is 511 g/mol. The lowest BCUT2D eigenvalue weighted by Crippen LogP contribution is -2.31. The molecule has 0 bridgehead atoms. The molecule has 3 rings (SSSR count). The highest BCUT2D eigenvalue weighted by Gasteiger charge is 2.30. The molecule has 0 aliphatic heterocycles. The number of aryl methyl sites for hydroxylation is 2. The van der Waals surface area contributed by atoms with Gasteiger partial charge in [-0.05, 0) is 66.6 Å². The Morgan fingerprint density at radius 1 is 0.919 bits per heavy atom. The highest BCUT2D eigenvalue weighted by atomic mass is 19.4. The van der Waals surface area contributed by atoms with Gasteiger partial charge in [0.05, 0.1) is 18.2 Å². The monoisotopic (exact) mass is 510 g/mol. The first-order valence-corrected chi connectivity index (χ1v) is 12.9. The summed E-state index contributed by atoms with van der Waals surface area (Å²) in [6.07, 6.45) is -1.08. The minimum absolute atomic E-state index is 0.0903. The number of hydrogen-bond acceptors (Lipinski definition) is 3. The molecular formula is C31H37F3N2O. The van der Waals surface area contributed by atoms with Gasteiger partial charge in [0, 0.05) is 18.8 Å². The fourth-order valence-corrected chi connectivity index (χ4v) is 4.46. The first-order chi connectivity index (χ1) is 17.8. The Morgan fingerprint density at radius 2 is 1.62 bits per heavy atom. The summed E-state index contributed by atoms with van der Waals surface area (Å²) in [6.45, 7) is 8.93. The Kier molecular flexibility index (Phi) is 10.2. The molecule has 0 amide bonds. The van der Waals surface area contributed by atoms with Crippen LogP contribution in [0.1, 0.15) is 66.6 Å². The Labute approximate surface area is 218 Å². The predicted molar refractivity (Wildman–Crippen MR) is 145 cm³/mol. The second-order valence-electron chi connectivity index (χ2n) is 9.12. The van der Waals surface area contributed by atoms with E-state index in [9.17, 15) is 13.2 Å². The normalized spacial score (nSPS) is 13.1. The van der Waals surface area contributed by atoms with Crippen LogP contribution < -0.4 is 15.4 Å². The van der Waals surface area contributed by atoms with Gasteiger partial charge >= 0.3 is 6.18 Å². The van der Waals surface area contributed by atoms with Gasteiger partial charge in [0.25, 0.3) is 0 Å². The molecule has 2 atom stereocenters. The molecule has 0 aromatic heterocycles. The van der Waals surface area contributed by atoms with Crippen LogP contribution in [0, 0.1) is 0 Å². The third-order valence-electron chi connectivity index (χ3n) is 6.49. The van der Waals surface area contributed by atoms with E-state index in [1.165, 1.54) is 5.56 Å². The van der Waals surface area contributed by atoms with Gasteiger partial charge in [-0.15, -0.1) is 0 Å². The number of rotatable bonds is 13. The summed E-state index contributed by atoms with van der Waals surface area (Å²) >= 11 is 0. The number of ether oxygens (including phenoxy) is 1. The number of nitrogens with one attached hydrogen (secondary N) is 2. The average Bonchev–Trinajstić information content (AvgIpc) is 2.90. The first kappa shape index (κ1) is 28.3. The zero-order chi connectivity index (χ0) is 26.8. The molecule has 0 aliphatic carbocycles. The third-order valence-corrected chi connectivity index (χ3v) is 6.49. The molecule has 0 radical (unpaired) electrons. The van der Waals surface area contributed by atoms with E-state index in [-0.39, 0.29) is 12.1 Å². The summed E-state index contributed by atoms with van der Waals surface area (Å²) in [4.78, 5) is 0. The summed E-state index contributed by atoms with van der Waals surface area (Å²) in [6, 6.07) is 21.6. The summed E-state index contributed by atoms with van der Waals surface area (Å²) in [7, 11) is 1.85. The minimum Gasteiger partial charge on any atom is -0.494 e. The summed E-state index contributed by atoms with van der Waals surface area (Å²) < 4.78 is 45.0. The van der Waals surface area contributed by atoms with Gasteiger partial charge in [-0.1, -0.05) is 74.5 Å². The number of likely N-dealkylation sites (N-methyl/N-ethyl adjacent to an activating group) is 1. The Morgan fingerprint density at radius 3 is 2.22 bits per heavy atom. The number of alkyl halides is 3. The Bertz CT molecular complexity index is 1130. The van der Waals surface area contributed by atoms with Gasteiger partial charge < -0.3 is 10.1 Å². The molecule has 0 heterocycles. The van der Waals surface area contributed by atoms with E-state index in [2.05, 4.69) is 54.5 Å². The van der Waals surface area contributed by atoms with Crippen molar-refractivity contribution in [3.05, 3.63) is 113 Å². The van der Waals surface area contributed by atoms with E-state index in [4.69, 9.17) is 4.74 Å². The molecule has 6 heteroatoms. The molecule has 0 spiro atoms. The van der Waals surface area contributed by atoms with Crippen molar-refractivity contribution in [2.75, 3.05) is 13.7 Å². The molecule has 0 aliphatic rings. The lowest BCUT2D eigenvalue weighted by atomic mass is 9.94. The third kappa shape index (κ3) is 7.86. The van der Waals surface area contributed by atoms with Crippen molar-refractivity contribution in [2.45, 2.75) is 57.8 Å². The van der Waals surface area contributed by atoms with Crippen LogP contribution in [0.5, 0.6) is 5.75 Å². The van der Waals surface area contributed by atoms with Crippen LogP contribution in [0.2, 0.25) is 0 Å². The van der Waals surface area contributed by atoms with Gasteiger partial charge in [-0.2, -0.15) is 13.2 Å². The minimum atomic E-state index is -4.34. The van der Waals surface area contributed by atoms with Crippen molar-refractivity contribution in [1.29, 1.82) is 0 Å². The molecule has 3 nitrogen and oxygen atoms in total. The zero-order valence-corrected chi connectivity index (χ0v) is 21.9. The van der Waals surface area contributed by atoms with Gasteiger partial charge in [0.2, 0.25) is 0 Å². The van der Waals surface area contributed by atoms with Crippen LogP contribution in [0.25, 0.3) is 0 Å². The lowest BCUT2D eigenvalue weighted by Gasteiger charge is -2.29. The Hall–Kier alpha value is -3.25. The largest absolute Gasteiger partial charge is 0.494 e. The van der Waals surface area contributed by atoms with Crippen molar-refractivity contribution in [2.24, 2.45) is 0 Å². The number of benzene rings is 3. The topological polar surface area (TPSA) is 33.3 Å². The van der Waals surface area contributed by atoms with Crippen molar-refractivity contribution >= 4 is 0 Å². The highest BCUT2D eigenvalue weighted by Crippen LogP contribution is 2.32. The van der Waals surface area contributed by atoms with E-state index >= 15 is 0 Å². The second-order valence-corrected chi connectivity index (χ2v) is 9.12. The second kappa shape index (κ2) is 13.3. The molecule has 0 fully saturated rings. The van der Waals surface area contributed by atoms with Crippen LogP contribution in [0.15, 0.2) is 85.1 Å². The standard InChI is InChI=1S/C31H37F3N2O/c1-5-10-24-16-17-26(21-29(24)37-6-2)28(20-15-23-13-18-27(19-14-23)31(32,33)34)36-30(22(3)35-4)25-11-8-7-9-12-25/h7-9,11-14,16-19,21,28,30,35-36H,3,5-6,10,15,20H2,1-2,4H3/t28-,30-/m0/s1. The Balaban J connectivity index is 1.93. The smallest absolute Gasteiger partial charge is 0.416 e. The van der Waals surface area contributed by atoms with Crippen LogP contribution in [0.3, 0.4) is 0 Å². The number of halogens is 3. The van der Waals surface area contributed by atoms with E-state index < -0.39 is 11.7 Å². The van der Waals surface area contributed by atoms with Gasteiger partial charge in [0.1, 0.15) is 5.75 Å². The van der Waals surface area contributed by atoms with Crippen molar-refractivity contribution < 1.29 is 17.9 Å². The highest BCUT2D eigenvalue weighted by molar-refractivity contribution is 5.40. The molecule has 0 unspecified atom stereocenters. The van der Waals surface area contributed by atoms with Crippen LogP contribution >= 0.6 is 0 Å². The molecule has 0 saturated heterocycles. The molecular weight excluding hydrogens is 473 g/mol. The van der Waals surface area contributed by atoms with Crippen LogP contribution in [0.4, 0.5) is 13.2 Å². The van der Waals surface area contributed by atoms with Crippen LogP contribution in [-0.2, 0) is 19.0 Å². The quantitative estimate of drug-likeness (QED) is 0.246. The van der Waals surface area contributed by atoms with Gasteiger partial charge in [-0.25, -0.2) is 0 Å². The lowest BCUT2D eigenvalue weighted by molar-refractivity contribution is -0.137. The molecule has 37 heavy (non-hydrogen) atoms. The fourth-order valence-electron chi connectivity index (χ4n) is 4.46. The summed E-state index contributed by atoms with van der Waals surface area (Å²) in [5, 5.41) is 6.95. The molecule has 3 aromatic carbocycles. The first-order valence-electron chi connectivity index (χ1n) is 12.9. The van der Waals surface area contributed by atoms with Crippen LogP contribution in [-0.4, -0.2) is 13.7 Å². The maximum absolute atomic E-state index is 13.0. The van der Waals surface area contributed by atoms with Crippen molar-refractivity contribution in [3.63, 3.8) is 0 Å². The zero-order valence-electron chi connectivity index (χ0n) is 21.9. The number of hydrogen-bond donors (Lipinski definition) is 2. The molecule has 2 N–H and O–H groups in total. The fraction of sp³-hybridized carbons (Fsp3) is 0.355. The van der Waals surface area contributed by atoms with Crippen molar-refractivity contribution in [3.8, 4) is 5.75 Å². The maximum atomic E-state index is 13.0. The van der Waals surface area contributed by atoms with Gasteiger partial charge in [0.15, 0.2) is 0 Å². The van der Waals surface area contributed by atoms with Crippen molar-refractivity contribution in [1.82, 2.24) is 10.6 Å². The van der Waals surface area contributed by atoms with E-state index in [0.717, 1.165) is 53.1 Å². The van der Waals surface area contributed by atoms with E-state index in [0.29, 0.717) is 19.4 Å². The summed E-state index contributed by atoms with van der Waals surface area (Å²) in [5.74, 6) is 0.881. The van der Waals surface area contributed by atoms with Gasteiger partial charge in [-0.3, -0.25) is 5.32 Å². The maximum Gasteiger partial charge on any atom is 0.416 e. The summed E-state index contributed by atoms with van der Waals surface area (Å²) in [5.41, 5.74) is 4.38. The SMILES string of the molecule is C=C(NC)[C@H](N[C@@H](CCc1ccc(C(F)(F)F)cc1)c1ccc(CCC)c(OCC)c1)c1ccccc1. The molecule has 198 valence electrons.